The molecule has 0 aliphatic rings. The van der Waals surface area contributed by atoms with Crippen LogP contribution in [0.3, 0.4) is 0 Å². The van der Waals surface area contributed by atoms with E-state index in [0.717, 1.165) is 45.5 Å². The van der Waals surface area contributed by atoms with Gasteiger partial charge in [0, 0.05) is 48.5 Å². The van der Waals surface area contributed by atoms with Gasteiger partial charge < -0.3 is 50.0 Å². The van der Waals surface area contributed by atoms with Crippen molar-refractivity contribution in [2.75, 3.05) is 26.4 Å². The van der Waals surface area contributed by atoms with Crippen LogP contribution in [0.1, 0.15) is 44.5 Å². The van der Waals surface area contributed by atoms with E-state index in [4.69, 9.17) is 42.1 Å². The molecule has 0 bridgehead atoms. The first-order valence-electron chi connectivity index (χ1n) is 20.9. The first kappa shape index (κ1) is 50.0. The van der Waals surface area contributed by atoms with Crippen molar-refractivity contribution >= 4 is 23.2 Å². The lowest BCUT2D eigenvalue weighted by molar-refractivity contribution is 0.169. The van der Waals surface area contributed by atoms with Gasteiger partial charge in [0.05, 0.1) is 48.6 Å². The maximum Gasteiger partial charge on any atom is 0.142 e. The third-order valence-corrected chi connectivity index (χ3v) is 11.4. The highest BCUT2D eigenvalue weighted by molar-refractivity contribution is 6.32. The molecule has 0 aromatic heterocycles. The quantitative estimate of drug-likeness (QED) is 0.0345. The minimum Gasteiger partial charge on any atom is -0.488 e. The molecule has 0 fully saturated rings. The minimum absolute atomic E-state index is 0.119. The fourth-order valence-electron chi connectivity index (χ4n) is 7.09. The monoisotopic (exact) mass is 952 g/mol. The first-order chi connectivity index (χ1) is 31.8. The van der Waals surface area contributed by atoms with Crippen LogP contribution in [0.5, 0.6) is 23.0 Å². The summed E-state index contributed by atoms with van der Waals surface area (Å²) in [5.41, 5.74) is 7.15. The molecule has 6 rings (SSSR count). The number of benzene rings is 6. The summed E-state index contributed by atoms with van der Waals surface area (Å²) in [7, 11) is 0. The number of hydrogen-bond donors (Lipinski definition) is 6. The molecule has 0 amide bonds. The highest BCUT2D eigenvalue weighted by Crippen LogP contribution is 2.37. The van der Waals surface area contributed by atoms with E-state index in [-0.39, 0.29) is 87.1 Å². The van der Waals surface area contributed by atoms with E-state index in [9.17, 15) is 38.0 Å². The topological polar surface area (TPSA) is 142 Å². The zero-order chi connectivity index (χ0) is 47.3. The summed E-state index contributed by atoms with van der Waals surface area (Å²) in [4.78, 5) is 0. The van der Waals surface area contributed by atoms with Crippen LogP contribution in [-0.4, -0.2) is 58.9 Å². The van der Waals surface area contributed by atoms with E-state index in [1.54, 1.807) is 24.3 Å². The predicted molar refractivity (Wildman–Crippen MR) is 244 cm³/mol. The summed E-state index contributed by atoms with van der Waals surface area (Å²) in [6, 6.07) is 23.2. The molecule has 0 aliphatic heterocycles. The Morgan fingerprint density at radius 1 is 0.455 bits per heavy atom. The van der Waals surface area contributed by atoms with Gasteiger partial charge in [0.25, 0.3) is 0 Å². The van der Waals surface area contributed by atoms with Crippen LogP contribution in [0.2, 0.25) is 10.0 Å². The molecule has 350 valence electrons. The van der Waals surface area contributed by atoms with Crippen LogP contribution in [0.15, 0.2) is 97.1 Å². The lowest BCUT2D eigenvalue weighted by atomic mass is 9.92. The first-order valence-corrected chi connectivity index (χ1v) is 21.7. The molecule has 0 spiro atoms. The van der Waals surface area contributed by atoms with Gasteiger partial charge in [-0.2, -0.15) is 0 Å². The van der Waals surface area contributed by atoms with E-state index >= 15 is 0 Å². The molecular formula is C50H50Cl2F4N2O8. The van der Waals surface area contributed by atoms with Crippen LogP contribution >= 0.6 is 23.2 Å². The lowest BCUT2D eigenvalue weighted by Crippen LogP contribution is -2.35. The highest BCUT2D eigenvalue weighted by atomic mass is 35.5. The number of halogens is 6. The number of nitrogens with one attached hydrogen (secondary N) is 2. The maximum absolute atomic E-state index is 13.9. The molecule has 0 aliphatic carbocycles. The fraction of sp³-hybridized carbons (Fsp3) is 0.280. The Labute approximate surface area is 390 Å². The Kier molecular flexibility index (Phi) is 18.1. The summed E-state index contributed by atoms with van der Waals surface area (Å²) in [5, 5.41) is 44.9. The van der Waals surface area contributed by atoms with Gasteiger partial charge in [-0.1, -0.05) is 59.6 Å². The molecule has 6 aromatic carbocycles. The molecule has 0 heterocycles. The van der Waals surface area contributed by atoms with E-state index < -0.39 is 35.4 Å². The summed E-state index contributed by atoms with van der Waals surface area (Å²) in [6.07, 6.45) is 0. The molecule has 0 unspecified atom stereocenters. The van der Waals surface area contributed by atoms with Crippen LogP contribution in [0, 0.1) is 37.1 Å². The van der Waals surface area contributed by atoms with Crippen molar-refractivity contribution in [1.82, 2.24) is 10.6 Å². The number of ether oxygens (including phenoxy) is 4. The van der Waals surface area contributed by atoms with E-state index in [1.165, 1.54) is 24.3 Å². The van der Waals surface area contributed by atoms with Gasteiger partial charge in [0.2, 0.25) is 0 Å². The second kappa shape index (κ2) is 23.9. The van der Waals surface area contributed by atoms with Gasteiger partial charge in [-0.15, -0.1) is 0 Å². The van der Waals surface area contributed by atoms with E-state index in [2.05, 4.69) is 10.6 Å². The van der Waals surface area contributed by atoms with Crippen molar-refractivity contribution in [2.24, 2.45) is 0 Å². The van der Waals surface area contributed by atoms with Gasteiger partial charge in [-0.3, -0.25) is 0 Å². The zero-order valence-corrected chi connectivity index (χ0v) is 37.7. The van der Waals surface area contributed by atoms with Crippen molar-refractivity contribution in [3.63, 3.8) is 0 Å². The van der Waals surface area contributed by atoms with Crippen molar-refractivity contribution < 1.29 is 56.9 Å². The Bertz CT molecular complexity index is 2380. The van der Waals surface area contributed by atoms with Gasteiger partial charge in [-0.25, -0.2) is 17.6 Å². The Morgan fingerprint density at radius 3 is 1.15 bits per heavy atom. The summed E-state index contributed by atoms with van der Waals surface area (Å²) >= 11 is 13.4. The van der Waals surface area contributed by atoms with Crippen LogP contribution < -0.4 is 29.6 Å². The SMILES string of the molecule is Cc1c(COc2cc(OCc3cc(F)cc(F)c3)c(CNC(CO)CO)cc2Cl)cccc1-c1cccc(COc2cc(OCc3cc(F)cc(F)c3)c(CNC(CO)CO)cc2Cl)c1C. The average Bonchev–Trinajstić information content (AvgIpc) is 3.28. The molecule has 66 heavy (non-hydrogen) atoms. The molecular weight excluding hydrogens is 903 g/mol. The standard InChI is InChI=1S/C50H50Cl2F4N2O8/c1-29-33(27-65-49-17-47(63-25-31-9-37(53)15-38(54)10-31)35(13-45(49)51)19-57-41(21-59)22-60)5-3-7-43(29)44-8-4-6-34(30(44)2)28-66-50-18-48(64-26-32-11-39(55)16-40(56)12-32)36(14-46(50)52)20-58-42(23-61)24-62/h3-18,41-42,57-62H,19-28H2,1-2H3. The molecule has 0 atom stereocenters. The second-order valence-electron chi connectivity index (χ2n) is 15.6. The van der Waals surface area contributed by atoms with Crippen LogP contribution in [0.4, 0.5) is 17.6 Å². The Balaban J connectivity index is 1.20. The summed E-state index contributed by atoms with van der Waals surface area (Å²) < 4.78 is 80.4. The third kappa shape index (κ3) is 13.4. The van der Waals surface area contributed by atoms with Crippen molar-refractivity contribution in [2.45, 2.75) is 65.4 Å². The van der Waals surface area contributed by atoms with Crippen molar-refractivity contribution in [3.05, 3.63) is 175 Å². The van der Waals surface area contributed by atoms with E-state index in [1.807, 2.05) is 50.2 Å². The molecule has 6 aromatic rings. The number of rotatable bonds is 23. The average molecular weight is 954 g/mol. The predicted octanol–water partition coefficient (Wildman–Crippen LogP) is 9.04. The minimum atomic E-state index is -0.742. The molecule has 0 radical (unpaired) electrons. The molecule has 0 saturated carbocycles. The van der Waals surface area contributed by atoms with Gasteiger partial charge >= 0.3 is 0 Å². The van der Waals surface area contributed by atoms with Gasteiger partial charge in [-0.05, 0) is 94.8 Å². The van der Waals surface area contributed by atoms with Gasteiger partial charge in [0.1, 0.15) is 72.7 Å². The van der Waals surface area contributed by atoms with Crippen LogP contribution in [-0.2, 0) is 39.5 Å². The second-order valence-corrected chi connectivity index (χ2v) is 16.4. The molecule has 10 nitrogen and oxygen atoms in total. The smallest absolute Gasteiger partial charge is 0.142 e. The highest BCUT2D eigenvalue weighted by Gasteiger charge is 2.19. The molecule has 6 N–H and O–H groups in total. The maximum atomic E-state index is 13.9. The molecule has 16 heteroatoms. The summed E-state index contributed by atoms with van der Waals surface area (Å²) in [6.45, 7) is 2.93. The Morgan fingerprint density at radius 2 is 0.803 bits per heavy atom. The number of hydrogen-bond acceptors (Lipinski definition) is 10. The lowest BCUT2D eigenvalue weighted by Gasteiger charge is -2.20. The Hall–Kier alpha value is -5.42. The van der Waals surface area contributed by atoms with Crippen molar-refractivity contribution in [1.29, 1.82) is 0 Å². The molecule has 0 saturated heterocycles. The summed E-state index contributed by atoms with van der Waals surface area (Å²) in [5.74, 6) is -1.75. The van der Waals surface area contributed by atoms with Crippen molar-refractivity contribution in [3.8, 4) is 34.1 Å². The van der Waals surface area contributed by atoms with Gasteiger partial charge in [0.15, 0.2) is 0 Å². The zero-order valence-electron chi connectivity index (χ0n) is 36.2. The normalized spacial score (nSPS) is 11.4. The largest absolute Gasteiger partial charge is 0.488 e. The van der Waals surface area contributed by atoms with Crippen LogP contribution in [0.25, 0.3) is 11.1 Å². The number of aliphatic hydroxyl groups is 4. The van der Waals surface area contributed by atoms with E-state index in [0.29, 0.717) is 34.1 Å². The number of aliphatic hydroxyl groups excluding tert-OH is 4. The fourth-order valence-corrected chi connectivity index (χ4v) is 7.57. The third-order valence-electron chi connectivity index (χ3n) is 10.9.